The van der Waals surface area contributed by atoms with Crippen LogP contribution in [0.25, 0.3) is 0 Å². The molecule has 0 fully saturated rings. The zero-order chi connectivity index (χ0) is 30.7. The normalized spacial score (nSPS) is 13.1. The maximum absolute atomic E-state index is 13.2. The maximum Gasteiger partial charge on any atom is 0.242 e. The Kier molecular flexibility index (Phi) is 19.2. The molecule has 0 aliphatic heterocycles. The molecule has 12 nitrogen and oxygen atoms in total. The molecule has 0 aromatic rings. The summed E-state index contributed by atoms with van der Waals surface area (Å²) in [5, 5.41) is 12.0. The molecule has 0 aliphatic carbocycles. The molecule has 1 atom stereocenters. The van der Waals surface area contributed by atoms with Gasteiger partial charge in [-0.2, -0.15) is 0 Å². The van der Waals surface area contributed by atoms with E-state index in [4.69, 9.17) is 20.0 Å². The van der Waals surface area contributed by atoms with Gasteiger partial charge in [-0.15, -0.1) is 0 Å². The Balaban J connectivity index is 4.91. The van der Waals surface area contributed by atoms with Crippen LogP contribution in [0, 0.1) is 16.2 Å². The average molecular weight is 575 g/mol. The molecule has 1 unspecified atom stereocenters. The van der Waals surface area contributed by atoms with E-state index < -0.39 is 11.5 Å². The van der Waals surface area contributed by atoms with Crippen LogP contribution in [-0.2, 0) is 28.7 Å². The molecular weight excluding hydrogens is 516 g/mol. The van der Waals surface area contributed by atoms with Gasteiger partial charge < -0.3 is 41.3 Å². The lowest BCUT2D eigenvalue weighted by Crippen LogP contribution is -2.52. The first-order chi connectivity index (χ1) is 18.7. The van der Waals surface area contributed by atoms with E-state index in [2.05, 4.69) is 26.7 Å². The van der Waals surface area contributed by atoms with Gasteiger partial charge in [-0.3, -0.25) is 14.4 Å². The average Bonchev–Trinajstić information content (AvgIpc) is 2.87. The third-order valence-corrected chi connectivity index (χ3v) is 6.22. The predicted molar refractivity (Wildman–Crippen MR) is 157 cm³/mol. The van der Waals surface area contributed by atoms with Crippen molar-refractivity contribution in [1.29, 1.82) is 0 Å². The highest BCUT2D eigenvalue weighted by atomic mass is 16.6. The molecule has 7 N–H and O–H groups in total. The second kappa shape index (κ2) is 20.1. The number of unbranched alkanes of at least 4 members (excludes halogenated alkanes) is 1. The Hall–Kier alpha value is -1.83. The first-order valence-corrected chi connectivity index (χ1v) is 14.3. The minimum Gasteiger partial charge on any atom is -0.380 e. The van der Waals surface area contributed by atoms with E-state index in [9.17, 15) is 14.4 Å². The van der Waals surface area contributed by atoms with Crippen molar-refractivity contribution in [3.63, 3.8) is 0 Å². The van der Waals surface area contributed by atoms with Crippen molar-refractivity contribution in [1.82, 2.24) is 26.7 Å². The summed E-state index contributed by atoms with van der Waals surface area (Å²) in [4.78, 5) is 42.8. The van der Waals surface area contributed by atoms with E-state index >= 15 is 0 Å². The van der Waals surface area contributed by atoms with Crippen molar-refractivity contribution >= 4 is 17.7 Å². The van der Waals surface area contributed by atoms with E-state index in [1.165, 1.54) is 7.11 Å². The summed E-state index contributed by atoms with van der Waals surface area (Å²) in [6.45, 7) is 15.7. The number of nitrogens with one attached hydrogen (secondary N) is 5. The van der Waals surface area contributed by atoms with Crippen LogP contribution in [0.15, 0.2) is 0 Å². The van der Waals surface area contributed by atoms with Gasteiger partial charge in [-0.05, 0) is 46.7 Å². The van der Waals surface area contributed by atoms with Gasteiger partial charge in [0, 0.05) is 43.4 Å². The van der Waals surface area contributed by atoms with Crippen molar-refractivity contribution in [3.8, 4) is 0 Å². The van der Waals surface area contributed by atoms with Crippen LogP contribution in [0.3, 0.4) is 0 Å². The standard InChI is InChI=1S/C28H58N6O6/c1-26(2,17-31-23(35)12-13-29)19-40-20-27(3,4)18-32-24(36)22(11-9-10-14-30-7)34-25(37)28(5,6)21-39-16-15-33-38-8/h22,30,33H,9-21,29H2,1-8H3,(H,31,35)(H,32,36)(H,34,37). The highest BCUT2D eigenvalue weighted by Gasteiger charge is 2.32. The number of hydrogen-bond acceptors (Lipinski definition) is 9. The molecule has 0 aliphatic rings. The van der Waals surface area contributed by atoms with E-state index in [1.54, 1.807) is 13.8 Å². The fraction of sp³-hybridized carbons (Fsp3) is 0.893. The molecule has 0 rings (SSSR count). The lowest BCUT2D eigenvalue weighted by Gasteiger charge is -2.30. The van der Waals surface area contributed by atoms with Gasteiger partial charge in [0.25, 0.3) is 0 Å². The predicted octanol–water partition coefficient (Wildman–Crippen LogP) is 0.705. The van der Waals surface area contributed by atoms with Gasteiger partial charge in [0.1, 0.15) is 6.04 Å². The summed E-state index contributed by atoms with van der Waals surface area (Å²) in [7, 11) is 3.42. The second-order valence-corrected chi connectivity index (χ2v) is 12.5. The molecule has 0 saturated heterocycles. The summed E-state index contributed by atoms with van der Waals surface area (Å²) in [5.41, 5.74) is 6.73. The number of carbonyl (C=O) groups is 3. The van der Waals surface area contributed by atoms with Crippen molar-refractivity contribution in [2.24, 2.45) is 22.0 Å². The maximum atomic E-state index is 13.2. The summed E-state index contributed by atoms with van der Waals surface area (Å²) in [6.07, 6.45) is 2.53. The number of amides is 3. The minimum atomic E-state index is -0.805. The monoisotopic (exact) mass is 574 g/mol. The Morgan fingerprint density at radius 3 is 2.05 bits per heavy atom. The molecule has 0 aromatic heterocycles. The number of nitrogens with two attached hydrogens (primary N) is 1. The van der Waals surface area contributed by atoms with Crippen LogP contribution in [-0.4, -0.2) is 97.1 Å². The molecule has 0 radical (unpaired) electrons. The van der Waals surface area contributed by atoms with Gasteiger partial charge in [-0.25, -0.2) is 5.48 Å². The Labute approximate surface area is 241 Å². The number of ether oxygens (including phenoxy) is 2. The van der Waals surface area contributed by atoms with E-state index in [1.807, 2.05) is 34.7 Å². The molecule has 40 heavy (non-hydrogen) atoms. The van der Waals surface area contributed by atoms with Crippen molar-refractivity contribution in [2.75, 3.05) is 73.3 Å². The number of rotatable bonds is 24. The van der Waals surface area contributed by atoms with E-state index in [0.29, 0.717) is 58.8 Å². The minimum absolute atomic E-state index is 0.0680. The molecule has 236 valence electrons. The largest absolute Gasteiger partial charge is 0.380 e. The van der Waals surface area contributed by atoms with Gasteiger partial charge in [0.05, 0.1) is 39.0 Å². The third kappa shape index (κ3) is 18.5. The summed E-state index contributed by atoms with van der Waals surface area (Å²) in [6, 6.07) is -0.647. The van der Waals surface area contributed by atoms with Crippen molar-refractivity contribution < 1.29 is 28.7 Å². The van der Waals surface area contributed by atoms with Crippen LogP contribution in [0.1, 0.15) is 67.2 Å². The molecule has 0 saturated carbocycles. The Morgan fingerprint density at radius 2 is 1.48 bits per heavy atom. The van der Waals surface area contributed by atoms with E-state index in [0.717, 1.165) is 19.4 Å². The quantitative estimate of drug-likeness (QED) is 0.0719. The van der Waals surface area contributed by atoms with Crippen LogP contribution in [0.2, 0.25) is 0 Å². The smallest absolute Gasteiger partial charge is 0.242 e. The van der Waals surface area contributed by atoms with E-state index in [-0.39, 0.29) is 35.2 Å². The molecule has 12 heteroatoms. The molecule has 0 aromatic carbocycles. The van der Waals surface area contributed by atoms with Crippen LogP contribution in [0.5, 0.6) is 0 Å². The van der Waals surface area contributed by atoms with Gasteiger partial charge in [-0.1, -0.05) is 27.7 Å². The molecule has 0 bridgehead atoms. The highest BCUT2D eigenvalue weighted by molar-refractivity contribution is 5.89. The molecule has 0 spiro atoms. The van der Waals surface area contributed by atoms with Gasteiger partial charge in [0.2, 0.25) is 17.7 Å². The summed E-state index contributed by atoms with van der Waals surface area (Å²) in [5.74, 6) is -0.513. The second-order valence-electron chi connectivity index (χ2n) is 12.5. The Bertz CT molecular complexity index is 732. The topological polar surface area (TPSA) is 165 Å². The molecule has 3 amide bonds. The lowest BCUT2D eigenvalue weighted by atomic mass is 9.92. The fourth-order valence-electron chi connectivity index (χ4n) is 3.59. The zero-order valence-corrected chi connectivity index (χ0v) is 26.3. The number of carbonyl (C=O) groups excluding carboxylic acids is 3. The lowest BCUT2D eigenvalue weighted by molar-refractivity contribution is -0.137. The fourth-order valence-corrected chi connectivity index (χ4v) is 3.59. The van der Waals surface area contributed by atoms with Crippen LogP contribution < -0.4 is 32.5 Å². The van der Waals surface area contributed by atoms with Crippen molar-refractivity contribution in [2.45, 2.75) is 73.3 Å². The van der Waals surface area contributed by atoms with Gasteiger partial charge >= 0.3 is 0 Å². The summed E-state index contributed by atoms with van der Waals surface area (Å²) >= 11 is 0. The zero-order valence-electron chi connectivity index (χ0n) is 26.3. The highest BCUT2D eigenvalue weighted by Crippen LogP contribution is 2.20. The van der Waals surface area contributed by atoms with Gasteiger partial charge in [0.15, 0.2) is 0 Å². The Morgan fingerprint density at radius 1 is 0.850 bits per heavy atom. The third-order valence-electron chi connectivity index (χ3n) is 6.22. The number of hydrogen-bond donors (Lipinski definition) is 6. The SMILES string of the molecule is CNCCCCC(NC(=O)C(C)(C)COCCNOC)C(=O)NCC(C)(C)COCC(C)(C)CNC(=O)CCN. The summed E-state index contributed by atoms with van der Waals surface area (Å²) < 4.78 is 11.6. The molecular formula is C28H58N6O6. The first-order valence-electron chi connectivity index (χ1n) is 14.3. The first kappa shape index (κ1) is 38.2. The van der Waals surface area contributed by atoms with Crippen LogP contribution in [0.4, 0.5) is 0 Å². The number of hydroxylamine groups is 1. The molecule has 0 heterocycles. The van der Waals surface area contributed by atoms with Crippen LogP contribution >= 0.6 is 0 Å². The van der Waals surface area contributed by atoms with Crippen molar-refractivity contribution in [3.05, 3.63) is 0 Å².